The molecule has 1 unspecified atom stereocenters. The summed E-state index contributed by atoms with van der Waals surface area (Å²) in [5.41, 5.74) is 0.937. The Hall–Kier alpha value is -1.34. The van der Waals surface area contributed by atoms with Gasteiger partial charge in [-0.3, -0.25) is 14.2 Å². The lowest BCUT2D eigenvalue weighted by Gasteiger charge is -2.23. The van der Waals surface area contributed by atoms with E-state index in [4.69, 9.17) is 4.98 Å². The first-order chi connectivity index (χ1) is 11.7. The maximum atomic E-state index is 12.9. The Labute approximate surface area is 156 Å². The van der Waals surface area contributed by atoms with Crippen LogP contribution in [0.1, 0.15) is 51.0 Å². The van der Waals surface area contributed by atoms with Crippen LogP contribution in [0, 0.1) is 0 Å². The van der Waals surface area contributed by atoms with Crippen molar-refractivity contribution in [2.75, 3.05) is 0 Å². The first-order valence-corrected chi connectivity index (χ1v) is 10.4. The summed E-state index contributed by atoms with van der Waals surface area (Å²) in [4.78, 5) is 32.1. The van der Waals surface area contributed by atoms with Crippen molar-refractivity contribution in [3.8, 4) is 0 Å². The van der Waals surface area contributed by atoms with Crippen molar-refractivity contribution in [2.24, 2.45) is 7.05 Å². The van der Waals surface area contributed by atoms with Gasteiger partial charge in [-0.25, -0.2) is 4.98 Å². The zero-order valence-corrected chi connectivity index (χ0v) is 17.1. The quantitative estimate of drug-likeness (QED) is 0.657. The van der Waals surface area contributed by atoms with Crippen LogP contribution in [0.4, 0.5) is 0 Å². The Morgan fingerprint density at radius 3 is 2.68 bits per heavy atom. The molecule has 1 amide bonds. The van der Waals surface area contributed by atoms with Gasteiger partial charge < -0.3 is 5.32 Å². The van der Waals surface area contributed by atoms with Gasteiger partial charge in [0.2, 0.25) is 5.91 Å². The molecule has 1 aliphatic carbocycles. The molecule has 0 aromatic carbocycles. The predicted molar refractivity (Wildman–Crippen MR) is 105 cm³/mol. The van der Waals surface area contributed by atoms with Gasteiger partial charge in [0.25, 0.3) is 5.56 Å². The highest BCUT2D eigenvalue weighted by Gasteiger charge is 2.24. The van der Waals surface area contributed by atoms with E-state index >= 15 is 0 Å². The molecule has 25 heavy (non-hydrogen) atoms. The second kappa shape index (κ2) is 6.76. The van der Waals surface area contributed by atoms with E-state index in [9.17, 15) is 9.59 Å². The van der Waals surface area contributed by atoms with Crippen LogP contribution in [0.25, 0.3) is 10.2 Å². The molecule has 2 aromatic rings. The van der Waals surface area contributed by atoms with E-state index in [1.807, 2.05) is 27.7 Å². The van der Waals surface area contributed by atoms with Gasteiger partial charge in [0.1, 0.15) is 4.83 Å². The van der Waals surface area contributed by atoms with E-state index in [1.165, 1.54) is 28.6 Å². The van der Waals surface area contributed by atoms with Crippen molar-refractivity contribution >= 4 is 39.2 Å². The number of hydrogen-bond acceptors (Lipinski definition) is 5. The molecule has 1 aliphatic rings. The number of nitrogens with one attached hydrogen (secondary N) is 1. The minimum absolute atomic E-state index is 0.00956. The number of hydrogen-bond donors (Lipinski definition) is 1. The standard InChI is InChI=1S/C18H25N3O2S2/c1-10(14(22)20-18(2,3)4)24-17-19-15-13(16(23)21(17)5)11-8-6-7-9-12(11)25-15/h10H,6-9H2,1-5H3,(H,20,22). The fraction of sp³-hybridized carbons (Fsp3) is 0.611. The van der Waals surface area contributed by atoms with Crippen molar-refractivity contribution in [1.29, 1.82) is 0 Å². The van der Waals surface area contributed by atoms with Crippen LogP contribution in [0.3, 0.4) is 0 Å². The average Bonchev–Trinajstić information content (AvgIpc) is 2.88. The highest BCUT2D eigenvalue weighted by atomic mass is 32.2. The second-order valence-corrected chi connectivity index (χ2v) is 10.0. The van der Waals surface area contributed by atoms with E-state index in [1.54, 1.807) is 23.0 Å². The first kappa shape index (κ1) is 18.5. The molecule has 3 rings (SSSR count). The number of nitrogens with zero attached hydrogens (tertiary/aromatic N) is 2. The molecule has 1 atom stereocenters. The lowest BCUT2D eigenvalue weighted by molar-refractivity contribution is -0.121. The zero-order valence-electron chi connectivity index (χ0n) is 15.4. The predicted octanol–water partition coefficient (Wildman–Crippen LogP) is 3.27. The Bertz CT molecular complexity index is 877. The van der Waals surface area contributed by atoms with Crippen LogP contribution >= 0.6 is 23.1 Å². The second-order valence-electron chi connectivity index (χ2n) is 7.65. The lowest BCUT2D eigenvalue weighted by Crippen LogP contribution is -2.44. The van der Waals surface area contributed by atoms with Gasteiger partial charge in [0.15, 0.2) is 5.16 Å². The Morgan fingerprint density at radius 1 is 1.32 bits per heavy atom. The number of aromatic nitrogens is 2. The van der Waals surface area contributed by atoms with Crippen LogP contribution in [-0.4, -0.2) is 26.2 Å². The molecule has 0 saturated carbocycles. The molecule has 5 nitrogen and oxygen atoms in total. The summed E-state index contributed by atoms with van der Waals surface area (Å²) >= 11 is 2.98. The zero-order chi connectivity index (χ0) is 18.4. The number of carbonyl (C=O) groups excluding carboxylic acids is 1. The Kier molecular flexibility index (Phi) is 4.99. The van der Waals surface area contributed by atoms with Gasteiger partial charge in [-0.05, 0) is 58.9 Å². The molecule has 0 fully saturated rings. The number of rotatable bonds is 3. The van der Waals surface area contributed by atoms with Crippen molar-refractivity contribution in [3.63, 3.8) is 0 Å². The molecule has 7 heteroatoms. The average molecular weight is 380 g/mol. The van der Waals surface area contributed by atoms with Gasteiger partial charge in [0, 0.05) is 17.5 Å². The number of fused-ring (bicyclic) bond motifs is 3. The maximum absolute atomic E-state index is 12.9. The number of thiophene rings is 1. The largest absolute Gasteiger partial charge is 0.351 e. The van der Waals surface area contributed by atoms with Crippen molar-refractivity contribution in [1.82, 2.24) is 14.9 Å². The highest BCUT2D eigenvalue weighted by molar-refractivity contribution is 8.00. The number of thioether (sulfide) groups is 1. The van der Waals surface area contributed by atoms with E-state index in [2.05, 4.69) is 5.32 Å². The fourth-order valence-electron chi connectivity index (χ4n) is 3.06. The molecule has 0 aliphatic heterocycles. The SMILES string of the molecule is CC(Sc1nc2sc3c(c2c(=O)n1C)CCCC3)C(=O)NC(C)(C)C. The van der Waals surface area contributed by atoms with Crippen molar-refractivity contribution in [3.05, 3.63) is 20.8 Å². The summed E-state index contributed by atoms with van der Waals surface area (Å²) in [5, 5.41) is 4.06. The summed E-state index contributed by atoms with van der Waals surface area (Å²) in [6.45, 7) is 7.72. The van der Waals surface area contributed by atoms with Crippen LogP contribution in [0.15, 0.2) is 9.95 Å². The number of aryl methyl sites for hydroxylation is 2. The van der Waals surface area contributed by atoms with Gasteiger partial charge >= 0.3 is 0 Å². The first-order valence-electron chi connectivity index (χ1n) is 8.67. The van der Waals surface area contributed by atoms with E-state index in [-0.39, 0.29) is 22.3 Å². The molecular weight excluding hydrogens is 354 g/mol. The van der Waals surface area contributed by atoms with Gasteiger partial charge in [-0.15, -0.1) is 11.3 Å². The third kappa shape index (κ3) is 3.77. The molecule has 0 radical (unpaired) electrons. The molecule has 0 saturated heterocycles. The summed E-state index contributed by atoms with van der Waals surface area (Å²) in [7, 11) is 1.75. The summed E-state index contributed by atoms with van der Waals surface area (Å²) in [6, 6.07) is 0. The highest BCUT2D eigenvalue weighted by Crippen LogP contribution is 2.35. The minimum atomic E-state index is -0.315. The van der Waals surface area contributed by atoms with E-state index in [0.717, 1.165) is 29.5 Å². The topological polar surface area (TPSA) is 64.0 Å². The third-order valence-electron chi connectivity index (χ3n) is 4.30. The molecular formula is C18H25N3O2S2. The lowest BCUT2D eigenvalue weighted by atomic mass is 9.97. The van der Waals surface area contributed by atoms with Crippen LogP contribution in [0.2, 0.25) is 0 Å². The van der Waals surface area contributed by atoms with Gasteiger partial charge in [0.05, 0.1) is 10.6 Å². The maximum Gasteiger partial charge on any atom is 0.262 e. The van der Waals surface area contributed by atoms with Crippen LogP contribution < -0.4 is 10.9 Å². The molecule has 0 spiro atoms. The minimum Gasteiger partial charge on any atom is -0.351 e. The third-order valence-corrected chi connectivity index (χ3v) is 6.63. The van der Waals surface area contributed by atoms with Gasteiger partial charge in [-0.2, -0.15) is 0 Å². The Morgan fingerprint density at radius 2 is 2.00 bits per heavy atom. The summed E-state index contributed by atoms with van der Waals surface area (Å²) in [6.07, 6.45) is 4.35. The van der Waals surface area contributed by atoms with Crippen molar-refractivity contribution in [2.45, 2.75) is 69.3 Å². The van der Waals surface area contributed by atoms with E-state index in [0.29, 0.717) is 5.16 Å². The molecule has 136 valence electrons. The van der Waals surface area contributed by atoms with Crippen molar-refractivity contribution < 1.29 is 4.79 Å². The summed E-state index contributed by atoms with van der Waals surface area (Å²) in [5.74, 6) is -0.0441. The van der Waals surface area contributed by atoms with Gasteiger partial charge in [-0.1, -0.05) is 11.8 Å². The molecule has 0 bridgehead atoms. The number of carbonyl (C=O) groups is 1. The molecule has 1 N–H and O–H groups in total. The monoisotopic (exact) mass is 379 g/mol. The summed E-state index contributed by atoms with van der Waals surface area (Å²) < 4.78 is 1.59. The van der Waals surface area contributed by atoms with Crippen LogP contribution in [-0.2, 0) is 24.7 Å². The fourth-order valence-corrected chi connectivity index (χ4v) is 5.23. The van der Waals surface area contributed by atoms with E-state index < -0.39 is 0 Å². The molecule has 2 aromatic heterocycles. The van der Waals surface area contributed by atoms with Crippen LogP contribution in [0.5, 0.6) is 0 Å². The smallest absolute Gasteiger partial charge is 0.262 e. The normalized spacial score (nSPS) is 15.9. The molecule has 2 heterocycles. The number of amides is 1. The Balaban J connectivity index is 1.94.